The molecule has 4 heteroatoms. The van der Waals surface area contributed by atoms with Crippen LogP contribution in [0.5, 0.6) is 0 Å². The van der Waals surface area contributed by atoms with Crippen LogP contribution in [-0.2, 0) is 12.8 Å². The van der Waals surface area contributed by atoms with Gasteiger partial charge in [-0.3, -0.25) is 9.98 Å². The number of nitrogens with zero attached hydrogens (tertiary/aromatic N) is 4. The number of hydrogen-bond acceptors (Lipinski definition) is 4. The maximum absolute atomic E-state index is 8.87. The summed E-state index contributed by atoms with van der Waals surface area (Å²) < 4.78 is 0. The zero-order chi connectivity index (χ0) is 25.7. The van der Waals surface area contributed by atoms with E-state index >= 15 is 0 Å². The Hall–Kier alpha value is -4.80. The lowest BCUT2D eigenvalue weighted by atomic mass is 10.0. The third-order valence-electron chi connectivity index (χ3n) is 6.11. The Labute approximate surface area is 218 Å². The van der Waals surface area contributed by atoms with E-state index in [9.17, 15) is 0 Å². The largest absolute Gasteiger partial charge is 0.256 e. The number of aliphatic imine (C=N–C) groups is 2. The van der Waals surface area contributed by atoms with Crippen molar-refractivity contribution in [2.45, 2.75) is 32.1 Å². The minimum atomic E-state index is 0.642. The van der Waals surface area contributed by atoms with E-state index in [4.69, 9.17) is 10.5 Å². The van der Waals surface area contributed by atoms with Crippen molar-refractivity contribution in [3.8, 4) is 12.1 Å². The number of benzene rings is 4. The molecule has 0 aliphatic carbocycles. The van der Waals surface area contributed by atoms with Gasteiger partial charge in [0.25, 0.3) is 0 Å². The van der Waals surface area contributed by atoms with Gasteiger partial charge in [0.15, 0.2) is 0 Å². The maximum atomic E-state index is 8.87. The first-order valence-electron chi connectivity index (χ1n) is 12.5. The molecule has 0 fully saturated rings. The predicted octanol–water partition coefficient (Wildman–Crippen LogP) is 7.89. The lowest BCUT2D eigenvalue weighted by Gasteiger charge is -2.04. The highest BCUT2D eigenvalue weighted by Gasteiger charge is 1.98. The maximum Gasteiger partial charge on any atom is 0.0991 e. The first-order chi connectivity index (χ1) is 18.2. The molecule has 0 heterocycles. The second-order valence-corrected chi connectivity index (χ2v) is 8.88. The first-order valence-corrected chi connectivity index (χ1v) is 12.5. The van der Waals surface area contributed by atoms with Crippen LogP contribution in [-0.4, -0.2) is 12.4 Å². The Kier molecular flexibility index (Phi) is 9.12. The standard InChI is InChI=1S/C33H28N4/c34-22-28-14-18-32(19-15-28)36-24-30-10-6-26(7-11-30)4-2-1-3-5-27-8-12-31(13-9-27)25-37-33-20-16-29(23-35)17-21-33/h6-21,24-25H,1-5H2. The summed E-state index contributed by atoms with van der Waals surface area (Å²) in [5.74, 6) is 0. The van der Waals surface area contributed by atoms with Gasteiger partial charge in [-0.1, -0.05) is 55.0 Å². The van der Waals surface area contributed by atoms with Gasteiger partial charge < -0.3 is 0 Å². The number of unbranched alkanes of at least 4 members (excludes halogenated alkanes) is 2. The van der Waals surface area contributed by atoms with Crippen molar-refractivity contribution in [3.63, 3.8) is 0 Å². The van der Waals surface area contributed by atoms with E-state index in [0.717, 1.165) is 35.3 Å². The molecule has 0 saturated heterocycles. The van der Waals surface area contributed by atoms with Crippen LogP contribution in [0.3, 0.4) is 0 Å². The SMILES string of the molecule is N#Cc1ccc(N=Cc2ccc(CCCCCc3ccc(C=Nc4ccc(C#N)cc4)cc3)cc2)cc1. The van der Waals surface area contributed by atoms with Crippen LogP contribution in [0.4, 0.5) is 11.4 Å². The van der Waals surface area contributed by atoms with Crippen LogP contribution in [0, 0.1) is 22.7 Å². The summed E-state index contributed by atoms with van der Waals surface area (Å²) in [5.41, 5.74) is 7.80. The van der Waals surface area contributed by atoms with Crippen LogP contribution >= 0.6 is 0 Å². The molecule has 0 saturated carbocycles. The van der Waals surface area contributed by atoms with Gasteiger partial charge in [-0.05, 0) is 96.5 Å². The molecule has 4 aromatic carbocycles. The number of nitriles is 2. The third kappa shape index (κ3) is 8.13. The highest BCUT2D eigenvalue weighted by Crippen LogP contribution is 2.15. The van der Waals surface area contributed by atoms with Crippen molar-refractivity contribution < 1.29 is 0 Å². The minimum absolute atomic E-state index is 0.642. The monoisotopic (exact) mass is 480 g/mol. The Balaban J connectivity index is 1.16. The summed E-state index contributed by atoms with van der Waals surface area (Å²) in [6.45, 7) is 0. The molecule has 4 nitrogen and oxygen atoms in total. The lowest BCUT2D eigenvalue weighted by Crippen LogP contribution is -1.90. The van der Waals surface area contributed by atoms with Gasteiger partial charge in [-0.15, -0.1) is 0 Å². The van der Waals surface area contributed by atoms with Gasteiger partial charge in [0.05, 0.1) is 34.6 Å². The molecule has 4 rings (SSSR count). The fourth-order valence-electron chi connectivity index (χ4n) is 3.92. The molecule has 0 radical (unpaired) electrons. The van der Waals surface area contributed by atoms with E-state index in [1.807, 2.05) is 36.7 Å². The average Bonchev–Trinajstić information content (AvgIpc) is 2.96. The zero-order valence-corrected chi connectivity index (χ0v) is 20.7. The van der Waals surface area contributed by atoms with Crippen LogP contribution in [0.15, 0.2) is 107 Å². The van der Waals surface area contributed by atoms with E-state index in [1.54, 1.807) is 24.3 Å². The summed E-state index contributed by atoms with van der Waals surface area (Å²) in [4.78, 5) is 8.96. The van der Waals surface area contributed by atoms with Crippen molar-refractivity contribution in [1.82, 2.24) is 0 Å². The van der Waals surface area contributed by atoms with Crippen molar-refractivity contribution in [1.29, 1.82) is 10.5 Å². The molecular weight excluding hydrogens is 452 g/mol. The molecule has 0 aliphatic heterocycles. The van der Waals surface area contributed by atoms with E-state index in [0.29, 0.717) is 11.1 Å². The number of aryl methyl sites for hydroxylation is 2. The molecule has 0 aliphatic rings. The molecule has 0 bridgehead atoms. The fourth-order valence-corrected chi connectivity index (χ4v) is 3.92. The molecule has 180 valence electrons. The summed E-state index contributed by atoms with van der Waals surface area (Å²) in [7, 11) is 0. The summed E-state index contributed by atoms with van der Waals surface area (Å²) in [6, 6.07) is 35.9. The van der Waals surface area contributed by atoms with Crippen molar-refractivity contribution in [2.75, 3.05) is 0 Å². The van der Waals surface area contributed by atoms with Gasteiger partial charge in [0.2, 0.25) is 0 Å². The summed E-state index contributed by atoms with van der Waals surface area (Å²) >= 11 is 0. The minimum Gasteiger partial charge on any atom is -0.256 e. The van der Waals surface area contributed by atoms with Crippen molar-refractivity contribution >= 4 is 23.8 Å². The second kappa shape index (κ2) is 13.3. The van der Waals surface area contributed by atoms with E-state index in [2.05, 4.69) is 70.7 Å². The summed E-state index contributed by atoms with van der Waals surface area (Å²) in [5, 5.41) is 17.7. The zero-order valence-electron chi connectivity index (χ0n) is 20.7. The summed E-state index contributed by atoms with van der Waals surface area (Å²) in [6.07, 6.45) is 9.42. The molecule has 4 aromatic rings. The molecular formula is C33H28N4. The lowest BCUT2D eigenvalue weighted by molar-refractivity contribution is 0.678. The van der Waals surface area contributed by atoms with Gasteiger partial charge in [-0.2, -0.15) is 10.5 Å². The van der Waals surface area contributed by atoms with E-state index < -0.39 is 0 Å². The van der Waals surface area contributed by atoms with Crippen molar-refractivity contribution in [2.24, 2.45) is 9.98 Å². The van der Waals surface area contributed by atoms with Crippen LogP contribution in [0.25, 0.3) is 0 Å². The molecule has 0 unspecified atom stereocenters. The molecule has 0 aromatic heterocycles. The van der Waals surface area contributed by atoms with Gasteiger partial charge >= 0.3 is 0 Å². The van der Waals surface area contributed by atoms with E-state index in [-0.39, 0.29) is 0 Å². The van der Waals surface area contributed by atoms with Crippen LogP contribution in [0.2, 0.25) is 0 Å². The molecule has 0 atom stereocenters. The number of hydrogen-bond donors (Lipinski definition) is 0. The highest BCUT2D eigenvalue weighted by molar-refractivity contribution is 5.82. The van der Waals surface area contributed by atoms with E-state index in [1.165, 1.54) is 30.4 Å². The van der Waals surface area contributed by atoms with Gasteiger partial charge in [-0.25, -0.2) is 0 Å². The fraction of sp³-hybridized carbons (Fsp3) is 0.152. The topological polar surface area (TPSA) is 72.3 Å². The molecule has 0 N–H and O–H groups in total. The Morgan fingerprint density at radius 3 is 1.22 bits per heavy atom. The molecule has 37 heavy (non-hydrogen) atoms. The first kappa shape index (κ1) is 25.3. The Morgan fingerprint density at radius 1 is 0.486 bits per heavy atom. The van der Waals surface area contributed by atoms with Crippen LogP contribution < -0.4 is 0 Å². The van der Waals surface area contributed by atoms with Crippen molar-refractivity contribution in [3.05, 3.63) is 130 Å². The number of rotatable bonds is 10. The second-order valence-electron chi connectivity index (χ2n) is 8.88. The highest BCUT2D eigenvalue weighted by atomic mass is 14.7. The third-order valence-corrected chi connectivity index (χ3v) is 6.11. The van der Waals surface area contributed by atoms with Gasteiger partial charge in [0, 0.05) is 12.4 Å². The quantitative estimate of drug-likeness (QED) is 0.171. The molecule has 0 amide bonds. The van der Waals surface area contributed by atoms with Crippen LogP contribution in [0.1, 0.15) is 52.6 Å². The Bertz CT molecular complexity index is 1300. The predicted molar refractivity (Wildman–Crippen MR) is 151 cm³/mol. The Morgan fingerprint density at radius 2 is 0.865 bits per heavy atom. The van der Waals surface area contributed by atoms with Gasteiger partial charge in [0.1, 0.15) is 0 Å². The average molecular weight is 481 g/mol. The molecule has 0 spiro atoms. The smallest absolute Gasteiger partial charge is 0.0991 e. The normalized spacial score (nSPS) is 11.0.